The molecule has 0 aliphatic heterocycles. The van der Waals surface area contributed by atoms with E-state index in [0.29, 0.717) is 21.1 Å². The van der Waals surface area contributed by atoms with Crippen LogP contribution in [-0.2, 0) is 16.1 Å². The average molecular weight is 534 g/mol. The number of carbonyl (C=O) groups is 1. The summed E-state index contributed by atoms with van der Waals surface area (Å²) in [4.78, 5) is 10.7. The summed E-state index contributed by atoms with van der Waals surface area (Å²) in [6.07, 6.45) is 10.8. The highest BCUT2D eigenvalue weighted by Gasteiger charge is 2.04. The van der Waals surface area contributed by atoms with E-state index in [-0.39, 0.29) is 5.75 Å². The van der Waals surface area contributed by atoms with Crippen LogP contribution in [0.3, 0.4) is 0 Å². The first-order valence-corrected chi connectivity index (χ1v) is 10.7. The van der Waals surface area contributed by atoms with Gasteiger partial charge in [0.2, 0.25) is 0 Å². The minimum atomic E-state index is 0.196. The van der Waals surface area contributed by atoms with Gasteiger partial charge in [-0.1, -0.05) is 42.5 Å². The molecule has 7 heteroatoms. The summed E-state index contributed by atoms with van der Waals surface area (Å²) < 4.78 is 6.93. The van der Waals surface area contributed by atoms with Gasteiger partial charge in [-0.2, -0.15) is 5.10 Å². The molecule has 0 heterocycles. The number of benzene rings is 2. The zero-order valence-corrected chi connectivity index (χ0v) is 19.6. The Balaban J connectivity index is 0.000000222. The predicted molar refractivity (Wildman–Crippen MR) is 127 cm³/mol. The normalized spacial score (nSPS) is 12.9. The monoisotopic (exact) mass is 532 g/mol. The van der Waals surface area contributed by atoms with Gasteiger partial charge in [0.15, 0.2) is 0 Å². The molecule has 0 amide bonds. The zero-order valence-electron chi connectivity index (χ0n) is 16.4. The van der Waals surface area contributed by atoms with E-state index in [1.807, 2.05) is 48.6 Å². The third kappa shape index (κ3) is 8.00. The van der Waals surface area contributed by atoms with E-state index < -0.39 is 0 Å². The molecule has 0 saturated carbocycles. The molecule has 1 aliphatic carbocycles. The SMILES string of the molecule is CN/N=C/c1cc(Br)c(O)c(Br)c1.O=CC1=CCC=CC(OCc2ccccc2)=C1. The van der Waals surface area contributed by atoms with Crippen molar-refractivity contribution in [3.63, 3.8) is 0 Å². The second-order valence-electron chi connectivity index (χ2n) is 6.10. The van der Waals surface area contributed by atoms with Gasteiger partial charge in [-0.05, 0) is 73.7 Å². The number of aldehydes is 1. The summed E-state index contributed by atoms with van der Waals surface area (Å²) in [6, 6.07) is 13.5. The van der Waals surface area contributed by atoms with Crippen LogP contribution in [0.25, 0.3) is 0 Å². The number of halogens is 2. The summed E-state index contributed by atoms with van der Waals surface area (Å²) >= 11 is 6.45. The van der Waals surface area contributed by atoms with Crippen molar-refractivity contribution in [2.75, 3.05) is 7.05 Å². The van der Waals surface area contributed by atoms with E-state index in [1.165, 1.54) is 0 Å². The molecule has 2 aromatic carbocycles. The number of allylic oxidation sites excluding steroid dienone is 5. The van der Waals surface area contributed by atoms with Crippen molar-refractivity contribution in [3.05, 3.63) is 98.2 Å². The first-order valence-electron chi connectivity index (χ1n) is 9.11. The second-order valence-corrected chi connectivity index (χ2v) is 7.80. The van der Waals surface area contributed by atoms with Gasteiger partial charge >= 0.3 is 0 Å². The van der Waals surface area contributed by atoms with E-state index in [9.17, 15) is 9.90 Å². The minimum Gasteiger partial charge on any atom is -0.506 e. The van der Waals surface area contributed by atoms with Crippen molar-refractivity contribution in [1.82, 2.24) is 5.43 Å². The van der Waals surface area contributed by atoms with Gasteiger partial charge in [0.05, 0.1) is 15.2 Å². The van der Waals surface area contributed by atoms with Crippen molar-refractivity contribution < 1.29 is 14.6 Å². The Bertz CT molecular complexity index is 945. The van der Waals surface area contributed by atoms with Gasteiger partial charge in [0.25, 0.3) is 0 Å². The van der Waals surface area contributed by atoms with Crippen molar-refractivity contribution in [2.45, 2.75) is 13.0 Å². The van der Waals surface area contributed by atoms with Crippen LogP contribution in [0.15, 0.2) is 92.1 Å². The van der Waals surface area contributed by atoms with Gasteiger partial charge in [-0.15, -0.1) is 0 Å². The molecule has 2 N–H and O–H groups in total. The molecule has 0 saturated heterocycles. The van der Waals surface area contributed by atoms with Crippen LogP contribution < -0.4 is 5.43 Å². The molecule has 0 spiro atoms. The number of hydrogen-bond donors (Lipinski definition) is 2. The molecule has 0 bridgehead atoms. The molecule has 30 heavy (non-hydrogen) atoms. The number of nitrogens with zero attached hydrogens (tertiary/aromatic N) is 1. The topological polar surface area (TPSA) is 70.9 Å². The molecule has 0 aromatic heterocycles. The smallest absolute Gasteiger partial charge is 0.149 e. The van der Waals surface area contributed by atoms with Crippen molar-refractivity contribution in [3.8, 4) is 5.75 Å². The average Bonchev–Trinajstić information content (AvgIpc) is 3.01. The molecular weight excluding hydrogens is 512 g/mol. The van der Waals surface area contributed by atoms with E-state index in [1.54, 1.807) is 31.5 Å². The minimum absolute atomic E-state index is 0.196. The first-order chi connectivity index (χ1) is 14.5. The number of carbonyl (C=O) groups excluding carboxylic acids is 1. The lowest BCUT2D eigenvalue weighted by Crippen LogP contribution is -1.94. The standard InChI is InChI=1S/C15H14O2.C8H8Br2N2O/c16-11-14-8-4-5-9-15(10-14)17-12-13-6-2-1-3-7-13;1-11-12-4-5-2-6(9)8(13)7(10)3-5/h1-3,5-11H,4,12H2;2-4,11,13H,1H3/b;12-4+. The maximum absolute atomic E-state index is 10.7. The lowest BCUT2D eigenvalue weighted by molar-refractivity contribution is -0.104. The molecule has 0 radical (unpaired) electrons. The Kier molecular flexibility index (Phi) is 10.1. The van der Waals surface area contributed by atoms with Crippen LogP contribution in [0.2, 0.25) is 0 Å². The number of ether oxygens (including phenoxy) is 1. The quantitative estimate of drug-likeness (QED) is 0.286. The second kappa shape index (κ2) is 12.8. The fourth-order valence-corrected chi connectivity index (χ4v) is 3.59. The fraction of sp³-hybridized carbons (Fsp3) is 0.130. The highest BCUT2D eigenvalue weighted by Crippen LogP contribution is 2.32. The van der Waals surface area contributed by atoms with Crippen molar-refractivity contribution in [1.29, 1.82) is 0 Å². The van der Waals surface area contributed by atoms with Gasteiger partial charge in [0.1, 0.15) is 24.4 Å². The van der Waals surface area contributed by atoms with Gasteiger partial charge in [-0.25, -0.2) is 0 Å². The number of hydrazone groups is 1. The Hall–Kier alpha value is -2.64. The van der Waals surface area contributed by atoms with Crippen LogP contribution in [-0.4, -0.2) is 24.7 Å². The predicted octanol–water partition coefficient (Wildman–Crippen LogP) is 5.64. The summed E-state index contributed by atoms with van der Waals surface area (Å²) in [5, 5.41) is 13.3. The lowest BCUT2D eigenvalue weighted by atomic mass is 10.2. The van der Waals surface area contributed by atoms with Crippen LogP contribution in [0.4, 0.5) is 0 Å². The molecule has 0 fully saturated rings. The molecular formula is C23H22Br2N2O3. The van der Waals surface area contributed by atoms with E-state index in [4.69, 9.17) is 4.74 Å². The third-order valence-corrected chi connectivity index (χ3v) is 5.06. The third-order valence-electron chi connectivity index (χ3n) is 3.85. The van der Waals surface area contributed by atoms with Crippen molar-refractivity contribution >= 4 is 44.4 Å². The van der Waals surface area contributed by atoms with E-state index in [2.05, 4.69) is 42.4 Å². The Labute approximate surface area is 193 Å². The van der Waals surface area contributed by atoms with Crippen LogP contribution in [0, 0.1) is 0 Å². The highest BCUT2D eigenvalue weighted by molar-refractivity contribution is 9.11. The summed E-state index contributed by atoms with van der Waals surface area (Å²) in [5.41, 5.74) is 5.32. The number of hydrogen-bond acceptors (Lipinski definition) is 5. The summed E-state index contributed by atoms with van der Waals surface area (Å²) in [5.74, 6) is 0.923. The van der Waals surface area contributed by atoms with E-state index in [0.717, 1.165) is 29.6 Å². The molecule has 3 rings (SSSR count). The van der Waals surface area contributed by atoms with Crippen LogP contribution in [0.1, 0.15) is 17.5 Å². The number of rotatable bonds is 6. The number of phenols is 1. The van der Waals surface area contributed by atoms with Crippen LogP contribution in [0.5, 0.6) is 5.75 Å². The maximum Gasteiger partial charge on any atom is 0.149 e. The van der Waals surface area contributed by atoms with Gasteiger partial charge in [0, 0.05) is 12.6 Å². The largest absolute Gasteiger partial charge is 0.506 e. The lowest BCUT2D eigenvalue weighted by Gasteiger charge is -2.06. The van der Waals surface area contributed by atoms with Gasteiger partial charge < -0.3 is 15.3 Å². The molecule has 5 nitrogen and oxygen atoms in total. The van der Waals surface area contributed by atoms with Crippen molar-refractivity contribution in [2.24, 2.45) is 5.10 Å². The zero-order chi connectivity index (χ0) is 21.8. The van der Waals surface area contributed by atoms with Crippen LogP contribution >= 0.6 is 31.9 Å². The fourth-order valence-electron chi connectivity index (χ4n) is 2.37. The Morgan fingerprint density at radius 2 is 1.90 bits per heavy atom. The summed E-state index contributed by atoms with van der Waals surface area (Å²) in [7, 11) is 1.72. The summed E-state index contributed by atoms with van der Waals surface area (Å²) in [6.45, 7) is 0.517. The molecule has 1 aliphatic rings. The number of nitrogens with one attached hydrogen (secondary N) is 1. The number of phenolic OH excluding ortho intramolecular Hbond substituents is 1. The molecule has 0 unspecified atom stereocenters. The maximum atomic E-state index is 10.7. The molecule has 2 aromatic rings. The molecule has 156 valence electrons. The number of aromatic hydroxyl groups is 1. The van der Waals surface area contributed by atoms with E-state index >= 15 is 0 Å². The first kappa shape index (κ1) is 23.6. The molecule has 0 atom stereocenters. The highest BCUT2D eigenvalue weighted by atomic mass is 79.9. The Morgan fingerprint density at radius 3 is 2.53 bits per heavy atom. The Morgan fingerprint density at radius 1 is 1.20 bits per heavy atom. The van der Waals surface area contributed by atoms with Gasteiger partial charge in [-0.3, -0.25) is 4.79 Å².